The quantitative estimate of drug-likeness (QED) is 0.601. The van der Waals surface area contributed by atoms with Gasteiger partial charge in [-0.05, 0) is 49.2 Å². The molecule has 28 heavy (non-hydrogen) atoms. The van der Waals surface area contributed by atoms with Gasteiger partial charge in [0, 0.05) is 42.0 Å². The molecule has 0 radical (unpaired) electrons. The fraction of sp³-hybridized carbons (Fsp3) is 0.261. The second-order valence-electron chi connectivity index (χ2n) is 7.13. The fourth-order valence-corrected chi connectivity index (χ4v) is 3.47. The van der Waals surface area contributed by atoms with Crippen LogP contribution in [0.25, 0.3) is 10.9 Å². The maximum Gasteiger partial charge on any atom is 0.166 e. The molecule has 1 aromatic heterocycles. The topological polar surface area (TPSA) is 46.2 Å². The van der Waals surface area contributed by atoms with Crippen LogP contribution in [0.3, 0.4) is 0 Å². The van der Waals surface area contributed by atoms with Gasteiger partial charge >= 0.3 is 0 Å². The number of rotatable bonds is 6. The molecule has 0 saturated heterocycles. The Morgan fingerprint density at radius 1 is 1.21 bits per heavy atom. The third kappa shape index (κ3) is 3.79. The van der Waals surface area contributed by atoms with E-state index >= 15 is 0 Å². The highest BCUT2D eigenvalue weighted by Gasteiger charge is 2.17. The van der Waals surface area contributed by atoms with E-state index < -0.39 is 0 Å². The molecule has 2 atom stereocenters. The molecule has 0 bridgehead atoms. The monoisotopic (exact) mass is 377 g/mol. The Kier molecular flexibility index (Phi) is 5.15. The number of pyridine rings is 1. The van der Waals surface area contributed by atoms with Gasteiger partial charge in [0.2, 0.25) is 0 Å². The summed E-state index contributed by atoms with van der Waals surface area (Å²) in [7, 11) is 0. The van der Waals surface area contributed by atoms with Gasteiger partial charge in [0.05, 0.1) is 5.52 Å². The van der Waals surface area contributed by atoms with Crippen LogP contribution in [0.1, 0.15) is 38.3 Å². The van der Waals surface area contributed by atoms with Gasteiger partial charge in [-0.25, -0.2) is 4.39 Å². The van der Waals surface area contributed by atoms with Crippen molar-refractivity contribution in [2.45, 2.75) is 38.8 Å². The predicted octanol–water partition coefficient (Wildman–Crippen LogP) is 5.43. The summed E-state index contributed by atoms with van der Waals surface area (Å²) in [5.41, 5.74) is 2.85. The SMILES string of the molecule is CC[C@H]1CC(NC(C)c2ccc(Oc3ccnc4ccccc34)c(F)c2)=CN1. The molecule has 4 rings (SSSR count). The van der Waals surface area contributed by atoms with Crippen LogP contribution in [0.2, 0.25) is 0 Å². The number of nitrogens with one attached hydrogen (secondary N) is 2. The third-order valence-electron chi connectivity index (χ3n) is 5.14. The average Bonchev–Trinajstić information content (AvgIpc) is 3.17. The zero-order valence-electron chi connectivity index (χ0n) is 16.1. The van der Waals surface area contributed by atoms with Gasteiger partial charge in [-0.15, -0.1) is 0 Å². The van der Waals surface area contributed by atoms with Crippen molar-refractivity contribution < 1.29 is 9.13 Å². The molecule has 0 aliphatic carbocycles. The zero-order chi connectivity index (χ0) is 19.5. The van der Waals surface area contributed by atoms with Crippen LogP contribution in [-0.2, 0) is 0 Å². The minimum absolute atomic E-state index is 0.00830. The van der Waals surface area contributed by atoms with Gasteiger partial charge in [-0.2, -0.15) is 0 Å². The average molecular weight is 377 g/mol. The van der Waals surface area contributed by atoms with E-state index in [1.54, 1.807) is 18.3 Å². The molecule has 1 aliphatic rings. The van der Waals surface area contributed by atoms with Crippen molar-refractivity contribution >= 4 is 10.9 Å². The Morgan fingerprint density at radius 2 is 2.07 bits per heavy atom. The van der Waals surface area contributed by atoms with Gasteiger partial charge in [-0.3, -0.25) is 4.98 Å². The first-order chi connectivity index (χ1) is 13.6. The second-order valence-corrected chi connectivity index (χ2v) is 7.13. The lowest BCUT2D eigenvalue weighted by atomic mass is 10.1. The van der Waals surface area contributed by atoms with Gasteiger partial charge in [-0.1, -0.05) is 25.1 Å². The van der Waals surface area contributed by atoms with Gasteiger partial charge < -0.3 is 15.4 Å². The Balaban J connectivity index is 1.50. The molecular weight excluding hydrogens is 353 g/mol. The summed E-state index contributed by atoms with van der Waals surface area (Å²) in [4.78, 5) is 4.31. The molecule has 0 spiro atoms. The van der Waals surface area contributed by atoms with Crippen molar-refractivity contribution in [2.75, 3.05) is 0 Å². The molecule has 4 nitrogen and oxygen atoms in total. The molecule has 2 aromatic carbocycles. The number of halogens is 1. The van der Waals surface area contributed by atoms with E-state index in [4.69, 9.17) is 4.74 Å². The van der Waals surface area contributed by atoms with Crippen molar-refractivity contribution in [1.29, 1.82) is 0 Å². The first-order valence-electron chi connectivity index (χ1n) is 9.66. The van der Waals surface area contributed by atoms with E-state index in [0.29, 0.717) is 11.8 Å². The van der Waals surface area contributed by atoms with E-state index in [9.17, 15) is 4.39 Å². The molecule has 0 amide bonds. The Hall–Kier alpha value is -3.08. The zero-order valence-corrected chi connectivity index (χ0v) is 16.1. The molecule has 0 saturated carbocycles. The predicted molar refractivity (Wildman–Crippen MR) is 110 cm³/mol. The number of ether oxygens (including phenoxy) is 1. The van der Waals surface area contributed by atoms with E-state index in [1.165, 1.54) is 6.07 Å². The third-order valence-corrected chi connectivity index (χ3v) is 5.14. The number of hydrogen-bond donors (Lipinski definition) is 2. The van der Waals surface area contributed by atoms with E-state index in [0.717, 1.165) is 35.0 Å². The minimum atomic E-state index is -0.378. The number of nitrogens with zero attached hydrogens (tertiary/aromatic N) is 1. The van der Waals surface area contributed by atoms with Gasteiger partial charge in [0.15, 0.2) is 11.6 Å². The standard InChI is InChI=1S/C23H24FN3O/c1-3-17-13-18(14-26-17)27-15(2)16-8-9-23(20(24)12-16)28-22-10-11-25-21-7-5-4-6-19(21)22/h4-12,14-15,17,26-27H,3,13H2,1-2H3/t15?,17-/m0/s1. The number of aromatic nitrogens is 1. The summed E-state index contributed by atoms with van der Waals surface area (Å²) >= 11 is 0. The second kappa shape index (κ2) is 7.89. The van der Waals surface area contributed by atoms with Gasteiger partial charge in [0.25, 0.3) is 0 Å². The molecule has 1 unspecified atom stereocenters. The van der Waals surface area contributed by atoms with Crippen LogP contribution in [0, 0.1) is 5.82 Å². The molecule has 1 aliphatic heterocycles. The molecular formula is C23H24FN3O. The number of fused-ring (bicyclic) bond motifs is 1. The van der Waals surface area contributed by atoms with Crippen LogP contribution in [0.4, 0.5) is 4.39 Å². The lowest BCUT2D eigenvalue weighted by Crippen LogP contribution is -2.20. The summed E-state index contributed by atoms with van der Waals surface area (Å²) in [5, 5.41) is 7.67. The van der Waals surface area contributed by atoms with E-state index in [2.05, 4.69) is 22.5 Å². The molecule has 0 fully saturated rings. The van der Waals surface area contributed by atoms with Crippen LogP contribution >= 0.6 is 0 Å². The van der Waals surface area contributed by atoms with Crippen LogP contribution in [0.5, 0.6) is 11.5 Å². The summed E-state index contributed by atoms with van der Waals surface area (Å²) < 4.78 is 20.6. The Bertz CT molecular complexity index is 1010. The summed E-state index contributed by atoms with van der Waals surface area (Å²) in [5.74, 6) is 0.424. The van der Waals surface area contributed by atoms with E-state index in [-0.39, 0.29) is 17.6 Å². The van der Waals surface area contributed by atoms with Crippen molar-refractivity contribution in [2.24, 2.45) is 0 Å². The van der Waals surface area contributed by atoms with Crippen LogP contribution in [-0.4, -0.2) is 11.0 Å². The molecule has 2 heterocycles. The summed E-state index contributed by atoms with van der Waals surface area (Å²) in [6.45, 7) is 4.20. The smallest absolute Gasteiger partial charge is 0.166 e. The normalized spacial score (nSPS) is 17.1. The molecule has 144 valence electrons. The first-order valence-corrected chi connectivity index (χ1v) is 9.66. The number of hydrogen-bond acceptors (Lipinski definition) is 4. The molecule has 3 aromatic rings. The maximum atomic E-state index is 14.7. The summed E-state index contributed by atoms with van der Waals surface area (Å²) in [6.07, 6.45) is 5.75. The maximum absolute atomic E-state index is 14.7. The minimum Gasteiger partial charge on any atom is -0.454 e. The van der Waals surface area contributed by atoms with Crippen molar-refractivity contribution in [3.63, 3.8) is 0 Å². The lowest BCUT2D eigenvalue weighted by molar-refractivity contribution is 0.444. The van der Waals surface area contributed by atoms with Gasteiger partial charge in [0.1, 0.15) is 5.75 Å². The van der Waals surface area contributed by atoms with Crippen molar-refractivity contribution in [1.82, 2.24) is 15.6 Å². The highest BCUT2D eigenvalue weighted by molar-refractivity contribution is 5.84. The lowest BCUT2D eigenvalue weighted by Gasteiger charge is -2.18. The molecule has 2 N–H and O–H groups in total. The van der Waals surface area contributed by atoms with Crippen molar-refractivity contribution in [3.05, 3.63) is 78.0 Å². The van der Waals surface area contributed by atoms with Crippen molar-refractivity contribution in [3.8, 4) is 11.5 Å². The number of para-hydroxylation sites is 1. The summed E-state index contributed by atoms with van der Waals surface area (Å²) in [6, 6.07) is 15.0. The highest BCUT2D eigenvalue weighted by atomic mass is 19.1. The fourth-order valence-electron chi connectivity index (χ4n) is 3.47. The first kappa shape index (κ1) is 18.3. The Labute approximate surface area is 164 Å². The van der Waals surface area contributed by atoms with E-state index in [1.807, 2.05) is 43.5 Å². The molecule has 5 heteroatoms. The van der Waals surface area contributed by atoms with Crippen LogP contribution < -0.4 is 15.4 Å². The number of benzene rings is 2. The van der Waals surface area contributed by atoms with Crippen LogP contribution in [0.15, 0.2) is 66.6 Å². The Morgan fingerprint density at radius 3 is 2.86 bits per heavy atom. The highest BCUT2D eigenvalue weighted by Crippen LogP contribution is 2.31. The largest absolute Gasteiger partial charge is 0.454 e.